The quantitative estimate of drug-likeness (QED) is 0.408. The first-order valence-corrected chi connectivity index (χ1v) is 9.81. The van der Waals surface area contributed by atoms with Crippen LogP contribution in [0.4, 0.5) is 4.79 Å². The van der Waals surface area contributed by atoms with Gasteiger partial charge in [0.1, 0.15) is 17.4 Å². The van der Waals surface area contributed by atoms with Gasteiger partial charge >= 0.3 is 6.16 Å². The van der Waals surface area contributed by atoms with Crippen molar-refractivity contribution in [2.24, 2.45) is 5.73 Å². The molecule has 1 rings (SSSR count). The topological polar surface area (TPSA) is 117 Å². The fourth-order valence-corrected chi connectivity index (χ4v) is 1.62. The molecule has 2 amide bonds. The van der Waals surface area contributed by atoms with E-state index in [0.29, 0.717) is 12.2 Å². The van der Waals surface area contributed by atoms with Gasteiger partial charge in [-0.25, -0.2) is 4.79 Å². The van der Waals surface area contributed by atoms with E-state index in [2.05, 4.69) is 5.32 Å². The molecular weight excluding hydrogens is 388 g/mol. The van der Waals surface area contributed by atoms with Crippen molar-refractivity contribution in [3.8, 4) is 5.75 Å². The maximum absolute atomic E-state index is 11.5. The molecule has 0 aliphatic rings. The molecule has 3 N–H and O–H groups in total. The summed E-state index contributed by atoms with van der Waals surface area (Å²) in [5, 5.41) is 2.34. The zero-order chi connectivity index (χ0) is 24.0. The zero-order valence-corrected chi connectivity index (χ0v) is 19.7. The number of nitrogens with one attached hydrogen (secondary N) is 1. The molecule has 1 unspecified atom stereocenters. The Morgan fingerprint density at radius 2 is 1.50 bits per heavy atom. The summed E-state index contributed by atoms with van der Waals surface area (Å²) < 4.78 is 15.0. The fraction of sp³-hybridized carbons (Fsp3) is 0.591. The average Bonchev–Trinajstić information content (AvgIpc) is 2.63. The van der Waals surface area contributed by atoms with Crippen LogP contribution >= 0.6 is 0 Å². The van der Waals surface area contributed by atoms with Crippen molar-refractivity contribution < 1.29 is 28.6 Å². The molecule has 0 fully saturated rings. The van der Waals surface area contributed by atoms with Crippen LogP contribution in [0.2, 0.25) is 0 Å². The lowest BCUT2D eigenvalue weighted by Gasteiger charge is -2.18. The normalized spacial score (nSPS) is 11.5. The molecule has 0 saturated carbocycles. The summed E-state index contributed by atoms with van der Waals surface area (Å²) in [6.07, 6.45) is -0.117. The second-order valence-electron chi connectivity index (χ2n) is 7.97. The molecule has 0 spiro atoms. The number of ether oxygens (including phenoxy) is 3. The minimum Gasteiger partial charge on any atom is -0.428 e. The highest BCUT2D eigenvalue weighted by molar-refractivity contribution is 5.82. The highest BCUT2D eigenvalue weighted by atomic mass is 16.7. The molecule has 30 heavy (non-hydrogen) atoms. The third-order valence-electron chi connectivity index (χ3n) is 3.18. The van der Waals surface area contributed by atoms with E-state index >= 15 is 0 Å². The molecule has 0 aliphatic carbocycles. The summed E-state index contributed by atoms with van der Waals surface area (Å²) in [5.41, 5.74) is 5.35. The van der Waals surface area contributed by atoms with Crippen LogP contribution in [0.1, 0.15) is 61.0 Å². The Balaban J connectivity index is 0. The highest BCUT2D eigenvalue weighted by Crippen LogP contribution is 2.16. The highest BCUT2D eigenvalue weighted by Gasteiger charge is 2.18. The van der Waals surface area contributed by atoms with Crippen LogP contribution in [0.15, 0.2) is 24.3 Å². The molecule has 8 nitrogen and oxygen atoms in total. The molecule has 172 valence electrons. The van der Waals surface area contributed by atoms with Gasteiger partial charge in [-0.05, 0) is 59.2 Å². The first-order chi connectivity index (χ1) is 13.8. The van der Waals surface area contributed by atoms with Crippen molar-refractivity contribution in [1.29, 1.82) is 0 Å². The maximum atomic E-state index is 11.5. The molecule has 1 aromatic rings. The molecule has 1 atom stereocenters. The van der Waals surface area contributed by atoms with Gasteiger partial charge in [0.25, 0.3) is 0 Å². The molecular formula is C22H38N2O6. The third-order valence-corrected chi connectivity index (χ3v) is 3.18. The number of primary amides is 1. The summed E-state index contributed by atoms with van der Waals surface area (Å²) >= 11 is 0. The molecule has 0 radical (unpaired) electrons. The predicted molar refractivity (Wildman–Crippen MR) is 117 cm³/mol. The van der Waals surface area contributed by atoms with E-state index in [9.17, 15) is 14.4 Å². The molecule has 0 aromatic heterocycles. The number of carbonyl (C=O) groups is 3. The van der Waals surface area contributed by atoms with Crippen LogP contribution in [-0.4, -0.2) is 42.8 Å². The Kier molecular flexibility index (Phi) is 14.2. The molecule has 0 bridgehead atoms. The van der Waals surface area contributed by atoms with Gasteiger partial charge < -0.3 is 25.3 Å². The Labute approximate surface area is 180 Å². The number of benzene rings is 1. The minimum atomic E-state index is -0.794. The van der Waals surface area contributed by atoms with Crippen LogP contribution in [0.5, 0.6) is 5.75 Å². The number of methoxy groups -OCH3 is 1. The summed E-state index contributed by atoms with van der Waals surface area (Å²) in [6, 6.07) is 5.69. The minimum absolute atomic E-state index is 0.0417. The fourth-order valence-electron chi connectivity index (χ4n) is 1.62. The first-order valence-electron chi connectivity index (χ1n) is 9.81. The molecule has 1 aromatic carbocycles. The van der Waals surface area contributed by atoms with Crippen molar-refractivity contribution in [3.05, 3.63) is 29.8 Å². The van der Waals surface area contributed by atoms with Gasteiger partial charge in [0.15, 0.2) is 0 Å². The number of nitrogens with two attached hydrogens (primary N) is 1. The lowest BCUT2D eigenvalue weighted by Crippen LogP contribution is -2.42. The Morgan fingerprint density at radius 1 is 1.03 bits per heavy atom. The predicted octanol–water partition coefficient (Wildman–Crippen LogP) is 3.60. The van der Waals surface area contributed by atoms with Gasteiger partial charge in [-0.15, -0.1) is 0 Å². The van der Waals surface area contributed by atoms with Crippen LogP contribution in [0.25, 0.3) is 0 Å². The van der Waals surface area contributed by atoms with Gasteiger partial charge in [-0.2, -0.15) is 0 Å². The van der Waals surface area contributed by atoms with Crippen molar-refractivity contribution in [2.45, 2.75) is 79.1 Å². The number of amides is 2. The van der Waals surface area contributed by atoms with E-state index < -0.39 is 23.7 Å². The Bertz CT molecular complexity index is 631. The SMILES string of the molecule is CC.CC(C)(C)OC(=O)Oc1ccc(CC(NC=O)C(N)=O)cc1.COC(C)(C)C. The van der Waals surface area contributed by atoms with Gasteiger partial charge in [-0.3, -0.25) is 9.59 Å². The van der Waals surface area contributed by atoms with Crippen LogP contribution in [0.3, 0.4) is 0 Å². The third kappa shape index (κ3) is 16.4. The van der Waals surface area contributed by atoms with E-state index in [1.807, 2.05) is 34.6 Å². The van der Waals surface area contributed by atoms with Crippen molar-refractivity contribution in [1.82, 2.24) is 5.32 Å². The second-order valence-corrected chi connectivity index (χ2v) is 7.97. The van der Waals surface area contributed by atoms with Crippen molar-refractivity contribution in [3.63, 3.8) is 0 Å². The lowest BCUT2D eigenvalue weighted by molar-refractivity contribution is -0.122. The van der Waals surface area contributed by atoms with E-state index in [0.717, 1.165) is 5.56 Å². The van der Waals surface area contributed by atoms with E-state index in [1.54, 1.807) is 52.1 Å². The number of carbonyl (C=O) groups excluding carboxylic acids is 3. The standard InChI is InChI=1S/C15H20N2O5.C5H12O.C2H6/c1-15(2,3)22-14(20)21-11-6-4-10(5-7-11)8-12(13(16)19)17-9-18;1-5(2,3)6-4;1-2/h4-7,9,12H,8H2,1-3H3,(H2,16,19)(H,17,18);1-4H3;1-2H3. The van der Waals surface area contributed by atoms with E-state index in [-0.39, 0.29) is 12.0 Å². The van der Waals surface area contributed by atoms with Crippen molar-refractivity contribution >= 4 is 18.5 Å². The van der Waals surface area contributed by atoms with Gasteiger partial charge in [0.05, 0.1) is 5.60 Å². The number of rotatable bonds is 6. The molecule has 0 heterocycles. The number of hydrogen-bond acceptors (Lipinski definition) is 6. The smallest absolute Gasteiger partial charge is 0.428 e. The monoisotopic (exact) mass is 426 g/mol. The zero-order valence-electron chi connectivity index (χ0n) is 19.7. The van der Waals surface area contributed by atoms with Crippen LogP contribution < -0.4 is 15.8 Å². The summed E-state index contributed by atoms with van der Waals surface area (Å²) in [4.78, 5) is 33.1. The Hall–Kier alpha value is -2.61. The molecule has 8 heteroatoms. The Morgan fingerprint density at radius 3 is 1.83 bits per heavy atom. The number of hydrogen-bond donors (Lipinski definition) is 2. The van der Waals surface area contributed by atoms with E-state index in [4.69, 9.17) is 19.9 Å². The summed E-state index contributed by atoms with van der Waals surface area (Å²) in [6.45, 7) is 15.3. The van der Waals surface area contributed by atoms with E-state index in [1.165, 1.54) is 0 Å². The second kappa shape index (κ2) is 14.4. The summed E-state index contributed by atoms with van der Waals surface area (Å²) in [5.74, 6) is -0.307. The van der Waals surface area contributed by atoms with Crippen molar-refractivity contribution in [2.75, 3.05) is 7.11 Å². The van der Waals surface area contributed by atoms with Gasteiger partial charge in [0.2, 0.25) is 12.3 Å². The van der Waals surface area contributed by atoms with Crippen LogP contribution in [0, 0.1) is 0 Å². The average molecular weight is 427 g/mol. The maximum Gasteiger partial charge on any atom is 0.514 e. The lowest BCUT2D eigenvalue weighted by atomic mass is 10.1. The van der Waals surface area contributed by atoms with Gasteiger partial charge in [0, 0.05) is 13.5 Å². The largest absolute Gasteiger partial charge is 0.514 e. The molecule has 0 saturated heterocycles. The van der Waals surface area contributed by atoms with Crippen LogP contribution in [-0.2, 0) is 25.5 Å². The van der Waals surface area contributed by atoms with Gasteiger partial charge in [-0.1, -0.05) is 26.0 Å². The molecule has 0 aliphatic heterocycles. The summed E-state index contributed by atoms with van der Waals surface area (Å²) in [7, 11) is 1.71. The first kappa shape index (κ1) is 29.6.